The van der Waals surface area contributed by atoms with Gasteiger partial charge in [0.05, 0.1) is 0 Å². The van der Waals surface area contributed by atoms with Crippen LogP contribution in [0.1, 0.15) is 24.4 Å². The summed E-state index contributed by atoms with van der Waals surface area (Å²) in [6.45, 7) is 0. The van der Waals surface area contributed by atoms with Crippen molar-refractivity contribution in [3.05, 3.63) is 34.6 Å². The van der Waals surface area contributed by atoms with Gasteiger partial charge in [0.2, 0.25) is 5.82 Å². The number of rotatable bonds is 6. The Kier molecular flexibility index (Phi) is 5.68. The van der Waals surface area contributed by atoms with Crippen LogP contribution in [0.25, 0.3) is 0 Å². The fourth-order valence-corrected chi connectivity index (χ4v) is 2.60. The number of sulfone groups is 1. The van der Waals surface area contributed by atoms with Gasteiger partial charge in [-0.05, 0) is 19.9 Å². The lowest BCUT2D eigenvalue weighted by atomic mass is 10.0. The highest BCUT2D eigenvalue weighted by Crippen LogP contribution is 2.29. The summed E-state index contributed by atoms with van der Waals surface area (Å²) in [6.07, 6.45) is 0.908. The fourth-order valence-electron chi connectivity index (χ4n) is 1.91. The smallest absolute Gasteiger partial charge is 0.200 e. The van der Waals surface area contributed by atoms with Crippen LogP contribution in [0, 0.1) is 29.1 Å². The third kappa shape index (κ3) is 4.13. The van der Waals surface area contributed by atoms with E-state index in [0.29, 0.717) is 0 Å². The molecule has 0 radical (unpaired) electrons. The van der Waals surface area contributed by atoms with Crippen LogP contribution in [0.15, 0.2) is 0 Å². The zero-order valence-corrected chi connectivity index (χ0v) is 12.1. The summed E-state index contributed by atoms with van der Waals surface area (Å²) < 4.78 is 88.4. The van der Waals surface area contributed by atoms with Gasteiger partial charge in [0, 0.05) is 23.6 Å². The van der Waals surface area contributed by atoms with Crippen molar-refractivity contribution in [1.29, 1.82) is 0 Å². The number of benzene rings is 1. The molecule has 1 atom stereocenters. The third-order valence-electron chi connectivity index (χ3n) is 2.95. The number of halogens is 5. The molecule has 3 nitrogen and oxygen atoms in total. The van der Waals surface area contributed by atoms with E-state index < -0.39 is 50.5 Å². The molecule has 0 heterocycles. The zero-order valence-electron chi connectivity index (χ0n) is 11.3. The standard InChI is InChI=1S/C12H14F5NO2S/c1-18-6(4-3-5-21(2,19)20)7-8(13)10(15)12(17)11(16)9(7)14/h6,18H,3-5H2,1-2H3. The summed E-state index contributed by atoms with van der Waals surface area (Å²) >= 11 is 0. The van der Waals surface area contributed by atoms with E-state index in [1.807, 2.05) is 0 Å². The zero-order chi connectivity index (χ0) is 16.4. The summed E-state index contributed by atoms with van der Waals surface area (Å²) in [7, 11) is -2.00. The maximum Gasteiger partial charge on any atom is 0.200 e. The Hall–Kier alpha value is -1.22. The molecule has 0 saturated carbocycles. The molecule has 0 saturated heterocycles. The van der Waals surface area contributed by atoms with Crippen molar-refractivity contribution in [2.45, 2.75) is 18.9 Å². The first-order valence-electron chi connectivity index (χ1n) is 5.96. The second-order valence-corrected chi connectivity index (χ2v) is 6.86. The minimum atomic E-state index is -3.28. The summed E-state index contributed by atoms with van der Waals surface area (Å²) in [5.74, 6) is -10.3. The van der Waals surface area contributed by atoms with Gasteiger partial charge in [0.1, 0.15) is 9.84 Å². The lowest BCUT2D eigenvalue weighted by molar-refractivity contribution is 0.355. The predicted octanol–water partition coefficient (Wildman–Crippen LogP) is 2.47. The average Bonchev–Trinajstić information content (AvgIpc) is 2.40. The first-order valence-corrected chi connectivity index (χ1v) is 8.02. The van der Waals surface area contributed by atoms with Gasteiger partial charge >= 0.3 is 0 Å². The predicted molar refractivity (Wildman–Crippen MR) is 67.0 cm³/mol. The molecule has 1 rings (SSSR count). The van der Waals surface area contributed by atoms with Crippen molar-refractivity contribution < 1.29 is 30.4 Å². The molecule has 120 valence electrons. The van der Waals surface area contributed by atoms with Crippen molar-refractivity contribution >= 4 is 9.84 Å². The molecule has 0 aliphatic rings. The monoisotopic (exact) mass is 331 g/mol. The quantitative estimate of drug-likeness (QED) is 0.495. The highest BCUT2D eigenvalue weighted by molar-refractivity contribution is 7.90. The van der Waals surface area contributed by atoms with Crippen LogP contribution in [0.5, 0.6) is 0 Å². The van der Waals surface area contributed by atoms with E-state index in [4.69, 9.17) is 0 Å². The van der Waals surface area contributed by atoms with E-state index in [1.54, 1.807) is 0 Å². The first kappa shape index (κ1) is 17.8. The number of hydrogen-bond acceptors (Lipinski definition) is 3. The minimum Gasteiger partial charge on any atom is -0.313 e. The molecule has 0 fully saturated rings. The van der Waals surface area contributed by atoms with Crippen molar-refractivity contribution in [1.82, 2.24) is 5.32 Å². The molecule has 1 N–H and O–H groups in total. The van der Waals surface area contributed by atoms with Crippen molar-refractivity contribution in [2.75, 3.05) is 19.1 Å². The van der Waals surface area contributed by atoms with Gasteiger partial charge in [0.25, 0.3) is 0 Å². The van der Waals surface area contributed by atoms with E-state index in [2.05, 4.69) is 5.32 Å². The largest absolute Gasteiger partial charge is 0.313 e. The van der Waals surface area contributed by atoms with Crippen LogP contribution in [0.3, 0.4) is 0 Å². The average molecular weight is 331 g/mol. The maximum absolute atomic E-state index is 13.6. The van der Waals surface area contributed by atoms with Crippen LogP contribution < -0.4 is 5.32 Å². The van der Waals surface area contributed by atoms with Crippen LogP contribution >= 0.6 is 0 Å². The molecule has 9 heteroatoms. The van der Waals surface area contributed by atoms with Crippen LogP contribution in [0.4, 0.5) is 22.0 Å². The first-order chi connectivity index (χ1) is 9.60. The van der Waals surface area contributed by atoms with E-state index in [1.165, 1.54) is 7.05 Å². The van der Waals surface area contributed by atoms with Gasteiger partial charge < -0.3 is 5.32 Å². The summed E-state index contributed by atoms with van der Waals surface area (Å²) in [4.78, 5) is 0. The number of nitrogens with one attached hydrogen (secondary N) is 1. The second-order valence-electron chi connectivity index (χ2n) is 4.60. The molecule has 0 aliphatic carbocycles. The molecule has 0 aromatic heterocycles. The number of hydrogen-bond donors (Lipinski definition) is 1. The van der Waals surface area contributed by atoms with Gasteiger partial charge in [-0.2, -0.15) is 0 Å². The molecular formula is C12H14F5NO2S. The fraction of sp³-hybridized carbons (Fsp3) is 0.500. The van der Waals surface area contributed by atoms with Crippen molar-refractivity contribution in [2.24, 2.45) is 0 Å². The second kappa shape index (κ2) is 6.69. The van der Waals surface area contributed by atoms with E-state index in [0.717, 1.165) is 6.26 Å². The Morgan fingerprint density at radius 1 is 0.952 bits per heavy atom. The molecule has 0 aliphatic heterocycles. The van der Waals surface area contributed by atoms with Gasteiger partial charge in [-0.15, -0.1) is 0 Å². The van der Waals surface area contributed by atoms with Gasteiger partial charge in [-0.1, -0.05) is 0 Å². The SMILES string of the molecule is CNC(CCCS(C)(=O)=O)c1c(F)c(F)c(F)c(F)c1F. The molecule has 0 amide bonds. The van der Waals surface area contributed by atoms with Crippen LogP contribution in [-0.4, -0.2) is 27.5 Å². The Bertz CT molecular complexity index is 604. The maximum atomic E-state index is 13.6. The highest BCUT2D eigenvalue weighted by atomic mass is 32.2. The molecule has 0 bridgehead atoms. The van der Waals surface area contributed by atoms with E-state index >= 15 is 0 Å². The summed E-state index contributed by atoms with van der Waals surface area (Å²) in [6, 6.07) is -1.18. The minimum absolute atomic E-state index is 0.0177. The topological polar surface area (TPSA) is 46.2 Å². The van der Waals surface area contributed by atoms with Crippen molar-refractivity contribution in [3.8, 4) is 0 Å². The highest BCUT2D eigenvalue weighted by Gasteiger charge is 2.29. The van der Waals surface area contributed by atoms with Crippen LogP contribution in [-0.2, 0) is 9.84 Å². The Labute approximate surface area is 119 Å². The lowest BCUT2D eigenvalue weighted by Gasteiger charge is -2.18. The Balaban J connectivity index is 3.12. The van der Waals surface area contributed by atoms with E-state index in [-0.39, 0.29) is 18.6 Å². The molecule has 1 aromatic rings. The molecule has 0 spiro atoms. The van der Waals surface area contributed by atoms with Crippen molar-refractivity contribution in [3.63, 3.8) is 0 Å². The molecule has 1 unspecified atom stereocenters. The van der Waals surface area contributed by atoms with Gasteiger partial charge in [0.15, 0.2) is 23.3 Å². The lowest BCUT2D eigenvalue weighted by Crippen LogP contribution is -2.22. The summed E-state index contributed by atoms with van der Waals surface area (Å²) in [5, 5.41) is 2.43. The molecule has 21 heavy (non-hydrogen) atoms. The molecular weight excluding hydrogens is 317 g/mol. The molecule has 1 aromatic carbocycles. The normalized spacial score (nSPS) is 13.5. The third-order valence-corrected chi connectivity index (χ3v) is 3.98. The van der Waals surface area contributed by atoms with Gasteiger partial charge in [-0.3, -0.25) is 0 Å². The Morgan fingerprint density at radius 2 is 1.38 bits per heavy atom. The summed E-state index contributed by atoms with van der Waals surface area (Å²) in [5.41, 5.74) is -0.984. The van der Waals surface area contributed by atoms with Gasteiger partial charge in [-0.25, -0.2) is 30.4 Å². The Morgan fingerprint density at radius 3 is 1.76 bits per heavy atom. The van der Waals surface area contributed by atoms with E-state index in [9.17, 15) is 30.4 Å². The van der Waals surface area contributed by atoms with Crippen LogP contribution in [0.2, 0.25) is 0 Å².